The highest BCUT2D eigenvalue weighted by molar-refractivity contribution is 9.10. The van der Waals surface area contributed by atoms with Crippen molar-refractivity contribution >= 4 is 40.6 Å². The predicted molar refractivity (Wildman–Crippen MR) is 118 cm³/mol. The Balaban J connectivity index is 1.79. The highest BCUT2D eigenvalue weighted by Gasteiger charge is 2.40. The molecule has 1 unspecified atom stereocenters. The van der Waals surface area contributed by atoms with E-state index in [0.717, 1.165) is 22.3 Å². The zero-order valence-electron chi connectivity index (χ0n) is 16.2. The highest BCUT2D eigenvalue weighted by atomic mass is 79.9. The molecule has 0 aromatic heterocycles. The average molecular weight is 478 g/mol. The molecule has 1 aliphatic carbocycles. The molecule has 4 rings (SSSR count). The van der Waals surface area contributed by atoms with Crippen molar-refractivity contribution in [3.63, 3.8) is 0 Å². The Morgan fingerprint density at radius 3 is 2.45 bits per heavy atom. The zero-order chi connectivity index (χ0) is 20.7. The van der Waals surface area contributed by atoms with Crippen LogP contribution in [0.15, 0.2) is 40.9 Å². The minimum atomic E-state index is -0.906. The molecule has 152 valence electrons. The maximum Gasteiger partial charge on any atom is 0.377 e. The number of aryl methyl sites for hydroxylation is 2. The molecule has 0 radical (unpaired) electrons. The molecule has 5 nitrogen and oxygen atoms in total. The number of hydrogen-bond donors (Lipinski definition) is 2. The summed E-state index contributed by atoms with van der Waals surface area (Å²) in [6, 6.07) is 11.6. The van der Waals surface area contributed by atoms with Crippen molar-refractivity contribution < 1.29 is 14.9 Å². The van der Waals surface area contributed by atoms with Gasteiger partial charge < -0.3 is 14.9 Å². The molecular formula is C21H23BBrClN2O3. The number of fused-ring (bicyclic) bond motifs is 2. The molecule has 1 heterocycles. The third kappa shape index (κ3) is 4.12. The summed E-state index contributed by atoms with van der Waals surface area (Å²) in [7, 11) is -0.790. The number of rotatable bonds is 3. The van der Waals surface area contributed by atoms with E-state index in [2.05, 4.69) is 39.0 Å². The maximum absolute atomic E-state index is 11.9. The Bertz CT molecular complexity index is 889. The van der Waals surface area contributed by atoms with Gasteiger partial charge in [-0.05, 0) is 66.2 Å². The summed E-state index contributed by atoms with van der Waals surface area (Å²) in [6.07, 6.45) is 1.81. The van der Waals surface area contributed by atoms with Gasteiger partial charge in [-0.2, -0.15) is 0 Å². The second kappa shape index (κ2) is 8.40. The monoisotopic (exact) mass is 476 g/mol. The Morgan fingerprint density at radius 2 is 1.79 bits per heavy atom. The summed E-state index contributed by atoms with van der Waals surface area (Å²) >= 11 is 9.87. The number of piperazine rings is 1. The first-order valence-corrected chi connectivity index (χ1v) is 11.0. The van der Waals surface area contributed by atoms with Gasteiger partial charge >= 0.3 is 13.0 Å². The fraction of sp³-hybridized carbons (Fsp3) is 0.381. The first-order chi connectivity index (χ1) is 13.8. The lowest BCUT2D eigenvalue weighted by molar-refractivity contribution is -0.144. The lowest BCUT2D eigenvalue weighted by Crippen LogP contribution is -2.61. The van der Waals surface area contributed by atoms with Crippen LogP contribution in [0, 0.1) is 0 Å². The Morgan fingerprint density at radius 1 is 1.14 bits per heavy atom. The number of hydrogen-bond acceptors (Lipinski definition) is 4. The van der Waals surface area contributed by atoms with Crippen LogP contribution in [0.3, 0.4) is 0 Å². The second-order valence-corrected chi connectivity index (χ2v) is 9.16. The molecular weight excluding hydrogens is 454 g/mol. The lowest BCUT2D eigenvalue weighted by Gasteiger charge is -2.44. The van der Waals surface area contributed by atoms with Crippen molar-refractivity contribution in [3.05, 3.63) is 68.1 Å². The molecule has 2 aromatic rings. The van der Waals surface area contributed by atoms with Gasteiger partial charge in [0.2, 0.25) is 0 Å². The average Bonchev–Trinajstić information content (AvgIpc) is 2.83. The zero-order valence-corrected chi connectivity index (χ0v) is 18.5. The molecule has 2 aromatic carbocycles. The van der Waals surface area contributed by atoms with Crippen LogP contribution in [0.25, 0.3) is 0 Å². The molecule has 2 N–H and O–H groups in total. The second-order valence-electron chi connectivity index (χ2n) is 7.81. The maximum atomic E-state index is 11.9. The summed E-state index contributed by atoms with van der Waals surface area (Å²) < 4.78 is 1.04. The number of carboxylic acid groups (broad SMARTS) is 1. The molecule has 0 spiro atoms. The quantitative estimate of drug-likeness (QED) is 0.663. The fourth-order valence-electron chi connectivity index (χ4n) is 4.67. The van der Waals surface area contributed by atoms with Crippen molar-refractivity contribution in [2.24, 2.45) is 0 Å². The molecule has 0 bridgehead atoms. The van der Waals surface area contributed by atoms with Crippen LogP contribution < -0.4 is 0 Å². The summed E-state index contributed by atoms with van der Waals surface area (Å²) in [5, 5.41) is 20.5. The highest BCUT2D eigenvalue weighted by Crippen LogP contribution is 2.39. The Hall–Kier alpha value is -1.38. The van der Waals surface area contributed by atoms with Gasteiger partial charge in [-0.3, -0.25) is 9.69 Å². The predicted octanol–water partition coefficient (Wildman–Crippen LogP) is 3.47. The molecule has 2 atom stereocenters. The number of nitrogens with zero attached hydrogens (tertiary/aromatic N) is 2. The van der Waals surface area contributed by atoms with Crippen molar-refractivity contribution in [1.82, 2.24) is 9.71 Å². The smallest absolute Gasteiger partial charge is 0.377 e. The first kappa shape index (κ1) is 20.9. The molecule has 0 amide bonds. The molecule has 8 heteroatoms. The van der Waals surface area contributed by atoms with E-state index >= 15 is 0 Å². The number of aliphatic carboxylic acids is 1. The third-order valence-electron chi connectivity index (χ3n) is 6.05. The van der Waals surface area contributed by atoms with Gasteiger partial charge in [-0.1, -0.05) is 39.7 Å². The number of carboxylic acids is 1. The third-order valence-corrected chi connectivity index (χ3v) is 6.77. The van der Waals surface area contributed by atoms with E-state index in [1.54, 1.807) is 11.6 Å². The van der Waals surface area contributed by atoms with Crippen LogP contribution in [0.4, 0.5) is 0 Å². The molecule has 29 heavy (non-hydrogen) atoms. The van der Waals surface area contributed by atoms with Crippen molar-refractivity contribution in [2.75, 3.05) is 19.6 Å². The summed E-state index contributed by atoms with van der Waals surface area (Å²) in [4.78, 5) is 15.8. The first-order valence-electron chi connectivity index (χ1n) is 9.82. The van der Waals surface area contributed by atoms with Crippen LogP contribution in [0.5, 0.6) is 0 Å². The van der Waals surface area contributed by atoms with E-state index < -0.39 is 19.1 Å². The van der Waals surface area contributed by atoms with E-state index in [1.807, 2.05) is 18.2 Å². The van der Waals surface area contributed by atoms with Crippen LogP contribution in [0.1, 0.15) is 28.3 Å². The van der Waals surface area contributed by atoms with Gasteiger partial charge in [0.05, 0.1) is 6.04 Å². The van der Waals surface area contributed by atoms with Crippen molar-refractivity contribution in [2.45, 2.75) is 31.7 Å². The van der Waals surface area contributed by atoms with Crippen molar-refractivity contribution in [1.29, 1.82) is 0 Å². The summed E-state index contributed by atoms with van der Waals surface area (Å²) in [5.41, 5.74) is 4.87. The summed E-state index contributed by atoms with van der Waals surface area (Å²) in [5.74, 6) is -0.906. The fourth-order valence-corrected chi connectivity index (χ4v) is 5.27. The Labute approximate surface area is 184 Å². The summed E-state index contributed by atoms with van der Waals surface area (Å²) in [6.45, 7) is 3.15. The van der Waals surface area contributed by atoms with E-state index in [-0.39, 0.29) is 6.04 Å². The van der Waals surface area contributed by atoms with Crippen LogP contribution in [-0.2, 0) is 17.6 Å². The standard InChI is InChI=1S/C21H23BBrClN2O3/c1-22(29)26-9-8-25(12-19(26)21(27)28)20-17-6-4-15(23)10-13(17)2-3-14-11-16(24)5-7-18(14)20/h4-7,10-11,19-20,29H,2-3,8-9,12H2,1H3,(H,27,28)/t19-,20?/m1/s1. The number of benzene rings is 2. The van der Waals surface area contributed by atoms with Gasteiger partial charge in [0, 0.05) is 29.1 Å². The minimum Gasteiger partial charge on any atom is -0.480 e. The largest absolute Gasteiger partial charge is 0.480 e. The van der Waals surface area contributed by atoms with Crippen LogP contribution in [-0.4, -0.2) is 58.5 Å². The molecule has 1 aliphatic heterocycles. The van der Waals surface area contributed by atoms with E-state index in [0.29, 0.717) is 19.6 Å². The van der Waals surface area contributed by atoms with Gasteiger partial charge in [0.15, 0.2) is 0 Å². The minimum absolute atomic E-state index is 0.0362. The van der Waals surface area contributed by atoms with Crippen molar-refractivity contribution in [3.8, 4) is 0 Å². The molecule has 1 fully saturated rings. The van der Waals surface area contributed by atoms with Gasteiger partial charge in [0.25, 0.3) is 0 Å². The molecule has 2 aliphatic rings. The molecule has 0 saturated carbocycles. The van der Waals surface area contributed by atoms with E-state index in [1.165, 1.54) is 22.3 Å². The molecule has 1 saturated heterocycles. The van der Waals surface area contributed by atoms with Crippen LogP contribution in [0.2, 0.25) is 11.8 Å². The van der Waals surface area contributed by atoms with E-state index in [4.69, 9.17) is 11.6 Å². The van der Waals surface area contributed by atoms with Gasteiger partial charge in [0.1, 0.15) is 6.04 Å². The van der Waals surface area contributed by atoms with Gasteiger partial charge in [-0.25, -0.2) is 0 Å². The van der Waals surface area contributed by atoms with Gasteiger partial charge in [-0.15, -0.1) is 0 Å². The number of carbonyl (C=O) groups is 1. The topological polar surface area (TPSA) is 64.0 Å². The SMILES string of the molecule is CB(O)N1CCN(C2c3ccc(Cl)cc3CCc3cc(Br)ccc32)C[C@@H]1C(=O)O. The Kier molecular flexibility index (Phi) is 6.05. The number of halogens is 2. The van der Waals surface area contributed by atoms with Crippen LogP contribution >= 0.6 is 27.5 Å². The van der Waals surface area contributed by atoms with E-state index in [9.17, 15) is 14.9 Å². The lowest BCUT2D eigenvalue weighted by atomic mass is 9.81. The normalized spacial score (nSPS) is 22.5.